The van der Waals surface area contributed by atoms with Gasteiger partial charge < -0.3 is 10.4 Å². The lowest BCUT2D eigenvalue weighted by molar-refractivity contribution is -0.144. The predicted molar refractivity (Wildman–Crippen MR) is 48.6 cm³/mol. The van der Waals surface area contributed by atoms with Crippen molar-refractivity contribution in [2.24, 2.45) is 5.92 Å². The molecule has 2 rings (SSSR count). The van der Waals surface area contributed by atoms with Crippen LogP contribution in [0.5, 0.6) is 0 Å². The lowest BCUT2D eigenvalue weighted by Crippen LogP contribution is -2.55. The summed E-state index contributed by atoms with van der Waals surface area (Å²) >= 11 is 0. The van der Waals surface area contributed by atoms with Gasteiger partial charge in [-0.2, -0.15) is 0 Å². The molecule has 2 unspecified atom stereocenters. The third-order valence-corrected chi connectivity index (χ3v) is 3.12. The first kappa shape index (κ1) is 8.97. The van der Waals surface area contributed by atoms with E-state index in [4.69, 9.17) is 5.11 Å². The van der Waals surface area contributed by atoms with E-state index in [2.05, 4.69) is 10.2 Å². The molecule has 2 saturated heterocycles. The average molecular weight is 184 g/mol. The summed E-state index contributed by atoms with van der Waals surface area (Å²) in [7, 11) is 0. The number of carbonyl (C=O) groups is 1. The van der Waals surface area contributed by atoms with Gasteiger partial charge in [-0.15, -0.1) is 0 Å². The Kier molecular flexibility index (Phi) is 2.51. The molecule has 0 saturated carbocycles. The van der Waals surface area contributed by atoms with E-state index in [-0.39, 0.29) is 5.92 Å². The van der Waals surface area contributed by atoms with Crippen molar-refractivity contribution < 1.29 is 9.90 Å². The zero-order valence-corrected chi connectivity index (χ0v) is 7.70. The number of hydrogen-bond donors (Lipinski definition) is 2. The molecule has 0 aromatic carbocycles. The first-order chi connectivity index (χ1) is 6.27. The number of hydrogen-bond acceptors (Lipinski definition) is 3. The zero-order chi connectivity index (χ0) is 9.26. The van der Waals surface area contributed by atoms with Gasteiger partial charge in [-0.3, -0.25) is 9.69 Å². The molecule has 4 heteroatoms. The molecule has 0 aromatic heterocycles. The Balaban J connectivity index is 1.95. The number of fused-ring (bicyclic) bond motifs is 1. The number of piperazine rings is 1. The van der Waals surface area contributed by atoms with E-state index in [1.54, 1.807) is 0 Å². The van der Waals surface area contributed by atoms with Crippen LogP contribution in [0.25, 0.3) is 0 Å². The topological polar surface area (TPSA) is 52.6 Å². The van der Waals surface area contributed by atoms with Crippen LogP contribution in [0.1, 0.15) is 12.8 Å². The highest BCUT2D eigenvalue weighted by Crippen LogP contribution is 2.22. The molecule has 2 aliphatic rings. The minimum Gasteiger partial charge on any atom is -0.481 e. The van der Waals surface area contributed by atoms with E-state index in [1.807, 2.05) is 0 Å². The molecule has 0 radical (unpaired) electrons. The largest absolute Gasteiger partial charge is 0.481 e. The Morgan fingerprint density at radius 3 is 3.08 bits per heavy atom. The smallest absolute Gasteiger partial charge is 0.307 e. The van der Waals surface area contributed by atoms with Crippen LogP contribution in [0.3, 0.4) is 0 Å². The number of piperidine rings is 1. The van der Waals surface area contributed by atoms with Gasteiger partial charge in [-0.05, 0) is 12.8 Å². The average Bonchev–Trinajstić information content (AvgIpc) is 2.17. The number of carboxylic acids is 1. The van der Waals surface area contributed by atoms with E-state index >= 15 is 0 Å². The minimum atomic E-state index is -0.628. The Bertz CT molecular complexity index is 208. The summed E-state index contributed by atoms with van der Waals surface area (Å²) in [5.74, 6) is -0.758. The van der Waals surface area contributed by atoms with E-state index < -0.39 is 5.97 Å². The summed E-state index contributed by atoms with van der Waals surface area (Å²) < 4.78 is 0. The minimum absolute atomic E-state index is 0.130. The van der Waals surface area contributed by atoms with Crippen molar-refractivity contribution in [2.75, 3.05) is 26.2 Å². The Labute approximate surface area is 77.9 Å². The van der Waals surface area contributed by atoms with Gasteiger partial charge >= 0.3 is 5.97 Å². The maximum atomic E-state index is 10.8. The molecule has 0 spiro atoms. The van der Waals surface area contributed by atoms with Crippen molar-refractivity contribution in [1.82, 2.24) is 10.2 Å². The van der Waals surface area contributed by atoms with Crippen molar-refractivity contribution in [2.45, 2.75) is 18.9 Å². The molecule has 0 aliphatic carbocycles. The molecule has 4 nitrogen and oxygen atoms in total. The van der Waals surface area contributed by atoms with Crippen LogP contribution < -0.4 is 5.32 Å². The third-order valence-electron chi connectivity index (χ3n) is 3.12. The number of nitrogens with one attached hydrogen (secondary N) is 1. The van der Waals surface area contributed by atoms with E-state index in [0.717, 1.165) is 39.0 Å². The molecule has 13 heavy (non-hydrogen) atoms. The first-order valence-electron chi connectivity index (χ1n) is 4.95. The van der Waals surface area contributed by atoms with Gasteiger partial charge in [-0.1, -0.05) is 0 Å². The third kappa shape index (κ3) is 1.84. The Morgan fingerprint density at radius 1 is 1.46 bits per heavy atom. The molecule has 2 fully saturated rings. The molecule has 2 N–H and O–H groups in total. The van der Waals surface area contributed by atoms with Crippen LogP contribution in [0.4, 0.5) is 0 Å². The molecule has 0 aromatic rings. The lowest BCUT2D eigenvalue weighted by Gasteiger charge is -2.41. The SMILES string of the molecule is O=C(O)C1CCC2CNCCN2C1. The second-order valence-electron chi connectivity index (χ2n) is 3.97. The fourth-order valence-corrected chi connectivity index (χ4v) is 2.30. The second-order valence-corrected chi connectivity index (χ2v) is 3.97. The summed E-state index contributed by atoms with van der Waals surface area (Å²) in [6.45, 7) is 3.80. The fourth-order valence-electron chi connectivity index (χ4n) is 2.30. The van der Waals surface area contributed by atoms with Crippen molar-refractivity contribution in [1.29, 1.82) is 0 Å². The van der Waals surface area contributed by atoms with Gasteiger partial charge in [0.05, 0.1) is 5.92 Å². The maximum absolute atomic E-state index is 10.8. The van der Waals surface area contributed by atoms with Crippen molar-refractivity contribution in [3.8, 4) is 0 Å². The quantitative estimate of drug-likeness (QED) is 0.590. The number of nitrogens with zero attached hydrogens (tertiary/aromatic N) is 1. The molecular weight excluding hydrogens is 168 g/mol. The van der Waals surface area contributed by atoms with Crippen LogP contribution >= 0.6 is 0 Å². The molecule has 2 heterocycles. The summed E-state index contributed by atoms with van der Waals surface area (Å²) in [5, 5.41) is 12.2. The molecule has 0 amide bonds. The van der Waals surface area contributed by atoms with Crippen molar-refractivity contribution in [3.05, 3.63) is 0 Å². The predicted octanol–water partition coefficient (Wildman–Crippen LogP) is -0.245. The van der Waals surface area contributed by atoms with Crippen LogP contribution in [0.2, 0.25) is 0 Å². The molecule has 2 aliphatic heterocycles. The fraction of sp³-hybridized carbons (Fsp3) is 0.889. The Morgan fingerprint density at radius 2 is 2.31 bits per heavy atom. The summed E-state index contributed by atoms with van der Waals surface area (Å²) in [4.78, 5) is 13.1. The molecular formula is C9H16N2O2. The summed E-state index contributed by atoms with van der Waals surface area (Å²) in [5.41, 5.74) is 0. The maximum Gasteiger partial charge on any atom is 0.307 e. The van der Waals surface area contributed by atoms with Crippen LogP contribution in [-0.2, 0) is 4.79 Å². The van der Waals surface area contributed by atoms with Gasteiger partial charge in [0.2, 0.25) is 0 Å². The monoisotopic (exact) mass is 184 g/mol. The van der Waals surface area contributed by atoms with Crippen molar-refractivity contribution >= 4 is 5.97 Å². The van der Waals surface area contributed by atoms with Crippen LogP contribution in [-0.4, -0.2) is 48.2 Å². The molecule has 74 valence electrons. The zero-order valence-electron chi connectivity index (χ0n) is 7.70. The van der Waals surface area contributed by atoms with Gasteiger partial charge in [0.15, 0.2) is 0 Å². The lowest BCUT2D eigenvalue weighted by atomic mass is 9.92. The summed E-state index contributed by atoms with van der Waals surface area (Å²) in [6, 6.07) is 0.587. The standard InChI is InChI=1S/C9H16N2O2/c12-9(13)7-1-2-8-5-10-3-4-11(8)6-7/h7-8,10H,1-6H2,(H,12,13). The first-order valence-corrected chi connectivity index (χ1v) is 4.95. The normalized spacial score (nSPS) is 35.4. The molecule has 0 bridgehead atoms. The summed E-state index contributed by atoms with van der Waals surface area (Å²) in [6.07, 6.45) is 1.88. The van der Waals surface area contributed by atoms with Gasteiger partial charge in [0, 0.05) is 32.2 Å². The molecule has 2 atom stereocenters. The van der Waals surface area contributed by atoms with E-state index in [1.165, 1.54) is 0 Å². The van der Waals surface area contributed by atoms with Gasteiger partial charge in [0.25, 0.3) is 0 Å². The van der Waals surface area contributed by atoms with Crippen LogP contribution in [0.15, 0.2) is 0 Å². The van der Waals surface area contributed by atoms with E-state index in [0.29, 0.717) is 6.04 Å². The number of carboxylic acid groups (broad SMARTS) is 1. The number of rotatable bonds is 1. The highest BCUT2D eigenvalue weighted by molar-refractivity contribution is 5.70. The highest BCUT2D eigenvalue weighted by Gasteiger charge is 2.32. The van der Waals surface area contributed by atoms with Crippen LogP contribution in [0, 0.1) is 5.92 Å². The van der Waals surface area contributed by atoms with E-state index in [9.17, 15) is 4.79 Å². The van der Waals surface area contributed by atoms with Crippen molar-refractivity contribution in [3.63, 3.8) is 0 Å². The van der Waals surface area contributed by atoms with Gasteiger partial charge in [-0.25, -0.2) is 0 Å². The second kappa shape index (κ2) is 3.64. The number of aliphatic carboxylic acids is 1. The Hall–Kier alpha value is -0.610. The highest BCUT2D eigenvalue weighted by atomic mass is 16.4. The van der Waals surface area contributed by atoms with Gasteiger partial charge in [0.1, 0.15) is 0 Å².